The summed E-state index contributed by atoms with van der Waals surface area (Å²) in [5.41, 5.74) is 1.06. The predicted molar refractivity (Wildman–Crippen MR) is 76.0 cm³/mol. The van der Waals surface area contributed by atoms with Crippen molar-refractivity contribution in [2.24, 2.45) is 5.92 Å². The van der Waals surface area contributed by atoms with Crippen LogP contribution in [0.5, 0.6) is 5.75 Å². The molecule has 1 fully saturated rings. The SMILES string of the molecule is N#CCOc1cccc(CNCC2CCS(=O)(=O)C2)c1. The molecule has 6 heteroatoms. The van der Waals surface area contributed by atoms with Gasteiger partial charge in [-0.3, -0.25) is 0 Å². The number of sulfone groups is 1. The Bertz CT molecular complexity index is 593. The molecule has 1 unspecified atom stereocenters. The minimum absolute atomic E-state index is 0.0385. The van der Waals surface area contributed by atoms with Gasteiger partial charge in [-0.1, -0.05) is 12.1 Å². The van der Waals surface area contributed by atoms with E-state index in [0.29, 0.717) is 30.3 Å². The van der Waals surface area contributed by atoms with E-state index in [1.54, 1.807) is 0 Å². The molecule has 1 heterocycles. The zero-order valence-corrected chi connectivity index (χ0v) is 12.0. The lowest BCUT2D eigenvalue weighted by molar-refractivity contribution is 0.367. The van der Waals surface area contributed by atoms with Gasteiger partial charge in [0.15, 0.2) is 16.4 Å². The number of nitrogens with one attached hydrogen (secondary N) is 1. The Morgan fingerprint density at radius 1 is 1.45 bits per heavy atom. The van der Waals surface area contributed by atoms with Crippen molar-refractivity contribution in [1.82, 2.24) is 5.32 Å². The molecule has 1 saturated heterocycles. The van der Waals surface area contributed by atoms with Gasteiger partial charge in [0.05, 0.1) is 11.5 Å². The van der Waals surface area contributed by atoms with Crippen molar-refractivity contribution < 1.29 is 13.2 Å². The van der Waals surface area contributed by atoms with Gasteiger partial charge < -0.3 is 10.1 Å². The largest absolute Gasteiger partial charge is 0.479 e. The van der Waals surface area contributed by atoms with Crippen molar-refractivity contribution in [2.75, 3.05) is 24.7 Å². The van der Waals surface area contributed by atoms with Crippen molar-refractivity contribution in [1.29, 1.82) is 5.26 Å². The van der Waals surface area contributed by atoms with E-state index in [4.69, 9.17) is 10.00 Å². The number of nitrogens with zero attached hydrogens (tertiary/aromatic N) is 1. The second-order valence-corrected chi connectivity index (χ2v) is 7.22. The van der Waals surface area contributed by atoms with Gasteiger partial charge >= 0.3 is 0 Å². The van der Waals surface area contributed by atoms with Crippen LogP contribution in [0.15, 0.2) is 24.3 Å². The molecule has 2 rings (SSSR count). The van der Waals surface area contributed by atoms with E-state index in [1.807, 2.05) is 30.3 Å². The number of nitriles is 1. The van der Waals surface area contributed by atoms with Crippen molar-refractivity contribution in [3.63, 3.8) is 0 Å². The molecule has 0 aromatic heterocycles. The van der Waals surface area contributed by atoms with E-state index in [2.05, 4.69) is 5.32 Å². The molecule has 0 spiro atoms. The lowest BCUT2D eigenvalue weighted by Crippen LogP contribution is -2.23. The first-order chi connectivity index (χ1) is 9.59. The summed E-state index contributed by atoms with van der Waals surface area (Å²) in [6.45, 7) is 1.42. The maximum Gasteiger partial charge on any atom is 0.174 e. The molecule has 1 atom stereocenters. The second kappa shape index (κ2) is 6.73. The van der Waals surface area contributed by atoms with Gasteiger partial charge in [-0.05, 0) is 36.6 Å². The Morgan fingerprint density at radius 3 is 3.00 bits per heavy atom. The first-order valence-electron chi connectivity index (χ1n) is 6.59. The van der Waals surface area contributed by atoms with Gasteiger partial charge in [-0.25, -0.2) is 8.42 Å². The number of hydrogen-bond donors (Lipinski definition) is 1. The quantitative estimate of drug-likeness (QED) is 0.850. The predicted octanol–water partition coefficient (Wildman–Crippen LogP) is 1.11. The van der Waals surface area contributed by atoms with Crippen molar-refractivity contribution in [3.05, 3.63) is 29.8 Å². The Hall–Kier alpha value is -1.58. The van der Waals surface area contributed by atoms with Crippen LogP contribution in [0.25, 0.3) is 0 Å². The Labute approximate surface area is 119 Å². The van der Waals surface area contributed by atoms with Crippen LogP contribution >= 0.6 is 0 Å². The van der Waals surface area contributed by atoms with Crippen LogP contribution in [-0.2, 0) is 16.4 Å². The van der Waals surface area contributed by atoms with Gasteiger partial charge in [-0.15, -0.1) is 0 Å². The molecule has 0 radical (unpaired) electrons. The van der Waals surface area contributed by atoms with Gasteiger partial charge in [0.2, 0.25) is 0 Å². The van der Waals surface area contributed by atoms with Crippen LogP contribution in [0.1, 0.15) is 12.0 Å². The molecule has 0 bridgehead atoms. The number of rotatable bonds is 6. The van der Waals surface area contributed by atoms with E-state index < -0.39 is 9.84 Å². The standard InChI is InChI=1S/C14H18N2O3S/c15-5-6-19-14-3-1-2-12(8-14)9-16-10-13-4-7-20(17,18)11-13/h1-3,8,13,16H,4,6-7,9-11H2. The number of benzene rings is 1. The first-order valence-corrected chi connectivity index (χ1v) is 8.41. The van der Waals surface area contributed by atoms with E-state index in [-0.39, 0.29) is 12.5 Å². The third-order valence-corrected chi connectivity index (χ3v) is 5.13. The maximum atomic E-state index is 11.3. The smallest absolute Gasteiger partial charge is 0.174 e. The van der Waals surface area contributed by atoms with Gasteiger partial charge in [0.1, 0.15) is 11.8 Å². The molecule has 0 aliphatic carbocycles. The van der Waals surface area contributed by atoms with Crippen molar-refractivity contribution >= 4 is 9.84 Å². The van der Waals surface area contributed by atoms with Crippen LogP contribution in [0, 0.1) is 17.2 Å². The third-order valence-electron chi connectivity index (χ3n) is 3.29. The highest BCUT2D eigenvalue weighted by Crippen LogP contribution is 2.18. The average molecular weight is 294 g/mol. The third kappa shape index (κ3) is 4.51. The van der Waals surface area contributed by atoms with Crippen LogP contribution in [0.3, 0.4) is 0 Å². The Kier molecular flexibility index (Phi) is 4.99. The maximum absolute atomic E-state index is 11.3. The summed E-state index contributed by atoms with van der Waals surface area (Å²) in [5, 5.41) is 11.7. The summed E-state index contributed by atoms with van der Waals surface area (Å²) in [5.74, 6) is 1.51. The van der Waals surface area contributed by atoms with Crippen molar-refractivity contribution in [3.8, 4) is 11.8 Å². The minimum atomic E-state index is -2.80. The fourth-order valence-corrected chi connectivity index (χ4v) is 4.18. The molecule has 0 saturated carbocycles. The van der Waals surface area contributed by atoms with Crippen LogP contribution in [-0.4, -0.2) is 33.1 Å². The van der Waals surface area contributed by atoms with Gasteiger partial charge in [-0.2, -0.15) is 5.26 Å². The fraction of sp³-hybridized carbons (Fsp3) is 0.500. The van der Waals surface area contributed by atoms with Crippen LogP contribution in [0.2, 0.25) is 0 Å². The number of ether oxygens (including phenoxy) is 1. The highest BCUT2D eigenvalue weighted by atomic mass is 32.2. The van der Waals surface area contributed by atoms with Crippen molar-refractivity contribution in [2.45, 2.75) is 13.0 Å². The molecule has 108 valence electrons. The number of hydrogen-bond acceptors (Lipinski definition) is 5. The molecule has 1 aromatic rings. The molecule has 1 aromatic carbocycles. The normalized spacial score (nSPS) is 20.4. The molecule has 5 nitrogen and oxygen atoms in total. The summed E-state index contributed by atoms with van der Waals surface area (Å²) in [7, 11) is -2.80. The first kappa shape index (κ1) is 14.8. The topological polar surface area (TPSA) is 79.2 Å². The highest BCUT2D eigenvalue weighted by molar-refractivity contribution is 7.91. The lowest BCUT2D eigenvalue weighted by atomic mass is 10.1. The average Bonchev–Trinajstić information content (AvgIpc) is 2.76. The van der Waals surface area contributed by atoms with E-state index in [9.17, 15) is 8.42 Å². The highest BCUT2D eigenvalue weighted by Gasteiger charge is 2.27. The molecule has 1 aliphatic heterocycles. The molecular weight excluding hydrogens is 276 g/mol. The zero-order chi connectivity index (χ0) is 14.4. The van der Waals surface area contributed by atoms with E-state index in [0.717, 1.165) is 12.0 Å². The zero-order valence-electron chi connectivity index (χ0n) is 11.2. The fourth-order valence-electron chi connectivity index (χ4n) is 2.31. The summed E-state index contributed by atoms with van der Waals surface area (Å²) < 4.78 is 27.9. The summed E-state index contributed by atoms with van der Waals surface area (Å²) in [6.07, 6.45) is 0.751. The molecular formula is C14H18N2O3S. The lowest BCUT2D eigenvalue weighted by Gasteiger charge is -2.10. The van der Waals surface area contributed by atoms with Crippen LogP contribution < -0.4 is 10.1 Å². The summed E-state index contributed by atoms with van der Waals surface area (Å²) >= 11 is 0. The monoisotopic (exact) mass is 294 g/mol. The second-order valence-electron chi connectivity index (χ2n) is 4.99. The van der Waals surface area contributed by atoms with Crippen LogP contribution in [0.4, 0.5) is 0 Å². The van der Waals surface area contributed by atoms with E-state index in [1.165, 1.54) is 0 Å². The Morgan fingerprint density at radius 2 is 2.30 bits per heavy atom. The Balaban J connectivity index is 1.78. The van der Waals surface area contributed by atoms with E-state index >= 15 is 0 Å². The minimum Gasteiger partial charge on any atom is -0.479 e. The molecule has 0 amide bonds. The molecule has 20 heavy (non-hydrogen) atoms. The summed E-state index contributed by atoms with van der Waals surface area (Å²) in [4.78, 5) is 0. The van der Waals surface area contributed by atoms with Gasteiger partial charge in [0, 0.05) is 6.54 Å². The molecule has 1 aliphatic rings. The van der Waals surface area contributed by atoms with Gasteiger partial charge in [0.25, 0.3) is 0 Å². The molecule has 1 N–H and O–H groups in total. The summed E-state index contributed by atoms with van der Waals surface area (Å²) in [6, 6.07) is 9.47.